The van der Waals surface area contributed by atoms with Crippen molar-refractivity contribution < 1.29 is 4.79 Å². The van der Waals surface area contributed by atoms with Gasteiger partial charge in [-0.05, 0) is 32.6 Å². The van der Waals surface area contributed by atoms with Crippen molar-refractivity contribution in [3.05, 3.63) is 75.7 Å². The second-order valence-electron chi connectivity index (χ2n) is 6.54. The Hall–Kier alpha value is -2.99. The molecule has 0 saturated heterocycles. The van der Waals surface area contributed by atoms with Crippen LogP contribution in [0.2, 0.25) is 0 Å². The summed E-state index contributed by atoms with van der Waals surface area (Å²) in [6, 6.07) is 14.8. The molecule has 1 atom stereocenters. The fourth-order valence-corrected chi connectivity index (χ4v) is 3.01. The molecule has 1 unspecified atom stereocenters. The van der Waals surface area contributed by atoms with Crippen LogP contribution >= 0.6 is 0 Å². The molecule has 0 saturated carbocycles. The van der Waals surface area contributed by atoms with Crippen LogP contribution in [0.5, 0.6) is 0 Å². The maximum Gasteiger partial charge on any atom is 0.272 e. The number of fused-ring (bicyclic) bond motifs is 1. The van der Waals surface area contributed by atoms with Gasteiger partial charge in [0.25, 0.3) is 5.56 Å². The number of hydrogen-bond donors (Lipinski definition) is 2. The predicted molar refractivity (Wildman–Crippen MR) is 102 cm³/mol. The van der Waals surface area contributed by atoms with Crippen LogP contribution < -0.4 is 10.9 Å². The molecule has 1 aromatic heterocycles. The van der Waals surface area contributed by atoms with Crippen LogP contribution in [0.4, 0.5) is 0 Å². The minimum Gasteiger partial charge on any atom is -0.349 e. The lowest BCUT2D eigenvalue weighted by atomic mass is 10.0. The lowest BCUT2D eigenvalue weighted by Gasteiger charge is -2.24. The van der Waals surface area contributed by atoms with Crippen molar-refractivity contribution in [3.63, 3.8) is 0 Å². The quantitative estimate of drug-likeness (QED) is 0.739. The molecule has 1 heterocycles. The van der Waals surface area contributed by atoms with Gasteiger partial charge in [0, 0.05) is 5.39 Å². The lowest BCUT2D eigenvalue weighted by Crippen LogP contribution is -2.37. The Bertz CT molecular complexity index is 977. The zero-order chi connectivity index (χ0) is 18.7. The normalized spacial score (nSPS) is 12.3. The number of nitrogens with zero attached hydrogens (tertiary/aromatic N) is 2. The van der Waals surface area contributed by atoms with Crippen LogP contribution in [0.3, 0.4) is 0 Å². The van der Waals surface area contributed by atoms with Crippen molar-refractivity contribution in [1.82, 2.24) is 20.4 Å². The van der Waals surface area contributed by atoms with Gasteiger partial charge in [0.15, 0.2) is 0 Å². The SMILES string of the molecule is Cc1ccc(C(C(=O)NCc2n[nH]c(=O)c3ccccc23)N(C)C)cc1. The summed E-state index contributed by atoms with van der Waals surface area (Å²) in [5.74, 6) is -0.115. The zero-order valence-electron chi connectivity index (χ0n) is 15.1. The Morgan fingerprint density at radius 3 is 2.42 bits per heavy atom. The van der Waals surface area contributed by atoms with E-state index in [2.05, 4.69) is 15.5 Å². The van der Waals surface area contributed by atoms with Gasteiger partial charge in [-0.1, -0.05) is 48.0 Å². The van der Waals surface area contributed by atoms with E-state index in [4.69, 9.17) is 0 Å². The number of nitrogens with one attached hydrogen (secondary N) is 2. The highest BCUT2D eigenvalue weighted by molar-refractivity contribution is 5.85. The first kappa shape index (κ1) is 17.8. The third-order valence-electron chi connectivity index (χ3n) is 4.36. The highest BCUT2D eigenvalue weighted by Gasteiger charge is 2.23. The van der Waals surface area contributed by atoms with Crippen molar-refractivity contribution in [1.29, 1.82) is 0 Å². The van der Waals surface area contributed by atoms with E-state index in [0.29, 0.717) is 11.1 Å². The topological polar surface area (TPSA) is 78.1 Å². The number of rotatable bonds is 5. The molecular formula is C20H22N4O2. The summed E-state index contributed by atoms with van der Waals surface area (Å²) < 4.78 is 0. The van der Waals surface area contributed by atoms with E-state index in [-0.39, 0.29) is 18.0 Å². The minimum absolute atomic E-state index is 0.115. The van der Waals surface area contributed by atoms with Gasteiger partial charge in [-0.15, -0.1) is 0 Å². The lowest BCUT2D eigenvalue weighted by molar-refractivity contribution is -0.126. The van der Waals surface area contributed by atoms with Crippen molar-refractivity contribution in [3.8, 4) is 0 Å². The van der Waals surface area contributed by atoms with Crippen LogP contribution in [-0.2, 0) is 11.3 Å². The Balaban J connectivity index is 1.82. The number of carbonyl (C=O) groups is 1. The highest BCUT2D eigenvalue weighted by Crippen LogP contribution is 2.19. The van der Waals surface area contributed by atoms with Gasteiger partial charge in [0.05, 0.1) is 17.6 Å². The fourth-order valence-electron chi connectivity index (χ4n) is 3.01. The molecule has 0 aliphatic carbocycles. The van der Waals surface area contributed by atoms with Crippen LogP contribution in [0, 0.1) is 6.92 Å². The minimum atomic E-state index is -0.398. The molecular weight excluding hydrogens is 328 g/mol. The smallest absolute Gasteiger partial charge is 0.272 e. The molecule has 2 aromatic carbocycles. The predicted octanol–water partition coefficient (Wildman–Crippen LogP) is 2.15. The first-order chi connectivity index (χ1) is 12.5. The summed E-state index contributed by atoms with van der Waals surface area (Å²) in [7, 11) is 3.75. The van der Waals surface area contributed by atoms with E-state index in [1.165, 1.54) is 0 Å². The number of amides is 1. The maximum atomic E-state index is 12.8. The Morgan fingerprint density at radius 2 is 1.77 bits per heavy atom. The average Bonchev–Trinajstić information content (AvgIpc) is 2.63. The molecule has 134 valence electrons. The van der Waals surface area contributed by atoms with Crippen molar-refractivity contribution in [2.45, 2.75) is 19.5 Å². The number of aryl methyl sites for hydroxylation is 1. The van der Waals surface area contributed by atoms with Gasteiger partial charge < -0.3 is 5.32 Å². The Morgan fingerprint density at radius 1 is 1.12 bits per heavy atom. The van der Waals surface area contributed by atoms with E-state index in [1.807, 2.05) is 62.3 Å². The van der Waals surface area contributed by atoms with Gasteiger partial charge >= 0.3 is 0 Å². The summed E-state index contributed by atoms with van der Waals surface area (Å²) in [4.78, 5) is 26.5. The largest absolute Gasteiger partial charge is 0.349 e. The molecule has 0 fully saturated rings. The van der Waals surface area contributed by atoms with E-state index in [9.17, 15) is 9.59 Å². The summed E-state index contributed by atoms with van der Waals surface area (Å²) in [5, 5.41) is 10.8. The summed E-state index contributed by atoms with van der Waals surface area (Å²) >= 11 is 0. The molecule has 6 nitrogen and oxygen atoms in total. The number of hydrogen-bond acceptors (Lipinski definition) is 4. The number of likely N-dealkylation sites (N-methyl/N-ethyl adjacent to an activating group) is 1. The van der Waals surface area contributed by atoms with Crippen LogP contribution in [0.15, 0.2) is 53.3 Å². The molecule has 0 radical (unpaired) electrons. The number of H-pyrrole nitrogens is 1. The molecule has 6 heteroatoms. The van der Waals surface area contributed by atoms with E-state index in [0.717, 1.165) is 16.5 Å². The maximum absolute atomic E-state index is 12.8. The molecule has 1 amide bonds. The van der Waals surface area contributed by atoms with Crippen LogP contribution in [-0.4, -0.2) is 35.1 Å². The summed E-state index contributed by atoms with van der Waals surface area (Å²) in [5.41, 5.74) is 2.48. The standard InChI is InChI=1S/C20H22N4O2/c1-13-8-10-14(11-9-13)18(24(2)3)20(26)21-12-17-15-6-4-5-7-16(15)19(25)23-22-17/h4-11,18H,12H2,1-3H3,(H,21,26)(H,23,25). The van der Waals surface area contributed by atoms with Gasteiger partial charge in [-0.2, -0.15) is 5.10 Å². The summed E-state index contributed by atoms with van der Waals surface area (Å²) in [6.07, 6.45) is 0. The third kappa shape index (κ3) is 3.65. The fraction of sp³-hybridized carbons (Fsp3) is 0.250. The monoisotopic (exact) mass is 350 g/mol. The Labute approximate surface area is 151 Å². The molecule has 0 spiro atoms. The molecule has 2 N–H and O–H groups in total. The first-order valence-electron chi connectivity index (χ1n) is 8.44. The van der Waals surface area contributed by atoms with E-state index < -0.39 is 6.04 Å². The molecule has 0 bridgehead atoms. The first-order valence-corrected chi connectivity index (χ1v) is 8.44. The number of aromatic amines is 1. The van der Waals surface area contributed by atoms with Crippen molar-refractivity contribution >= 4 is 16.7 Å². The van der Waals surface area contributed by atoms with Crippen molar-refractivity contribution in [2.24, 2.45) is 0 Å². The highest BCUT2D eigenvalue weighted by atomic mass is 16.2. The summed E-state index contributed by atoms with van der Waals surface area (Å²) in [6.45, 7) is 2.26. The number of benzene rings is 2. The molecule has 0 aliphatic heterocycles. The van der Waals surface area contributed by atoms with Gasteiger partial charge in [0.2, 0.25) is 5.91 Å². The second kappa shape index (κ2) is 7.49. The van der Waals surface area contributed by atoms with Crippen LogP contribution in [0.1, 0.15) is 22.9 Å². The van der Waals surface area contributed by atoms with E-state index >= 15 is 0 Å². The molecule has 0 aliphatic rings. The third-order valence-corrected chi connectivity index (χ3v) is 4.36. The second-order valence-corrected chi connectivity index (χ2v) is 6.54. The van der Waals surface area contributed by atoms with Crippen molar-refractivity contribution in [2.75, 3.05) is 14.1 Å². The van der Waals surface area contributed by atoms with Gasteiger partial charge in [0.1, 0.15) is 6.04 Å². The molecule has 3 aromatic rings. The van der Waals surface area contributed by atoms with E-state index in [1.54, 1.807) is 12.1 Å². The number of aromatic nitrogens is 2. The Kier molecular flexibility index (Phi) is 5.14. The van der Waals surface area contributed by atoms with Gasteiger partial charge in [-0.25, -0.2) is 5.10 Å². The van der Waals surface area contributed by atoms with Gasteiger partial charge in [-0.3, -0.25) is 14.5 Å². The van der Waals surface area contributed by atoms with Crippen LogP contribution in [0.25, 0.3) is 10.8 Å². The molecule has 3 rings (SSSR count). The zero-order valence-corrected chi connectivity index (χ0v) is 15.1. The number of carbonyl (C=O) groups excluding carboxylic acids is 1. The average molecular weight is 350 g/mol. The molecule has 26 heavy (non-hydrogen) atoms.